The van der Waals surface area contributed by atoms with Gasteiger partial charge >= 0.3 is 0 Å². The van der Waals surface area contributed by atoms with Gasteiger partial charge in [-0.3, -0.25) is 0 Å². The normalized spacial score (nSPS) is 11.2. The van der Waals surface area contributed by atoms with Gasteiger partial charge in [-0.15, -0.1) is 0 Å². The second-order valence-corrected chi connectivity index (χ2v) is 4.86. The number of rotatable bonds is 13. The van der Waals surface area contributed by atoms with Gasteiger partial charge in [0.15, 0.2) is 0 Å². The van der Waals surface area contributed by atoms with Crippen LogP contribution >= 0.6 is 0 Å². The summed E-state index contributed by atoms with van der Waals surface area (Å²) < 4.78 is 5.44. The third kappa shape index (κ3) is 15.5. The van der Waals surface area contributed by atoms with Crippen LogP contribution in [0.3, 0.4) is 0 Å². The van der Waals surface area contributed by atoms with Gasteiger partial charge in [-0.1, -0.05) is 65.2 Å². The molecule has 102 valence electrons. The van der Waals surface area contributed by atoms with E-state index < -0.39 is 0 Å². The van der Waals surface area contributed by atoms with Gasteiger partial charge in [-0.25, -0.2) is 0 Å². The molecule has 1 heteroatoms. The summed E-state index contributed by atoms with van der Waals surface area (Å²) in [6.07, 6.45) is 18.7. The number of hydrogen-bond donors (Lipinski definition) is 0. The minimum Gasteiger partial charge on any atom is -0.502 e. The largest absolute Gasteiger partial charge is 0.502 e. The van der Waals surface area contributed by atoms with Gasteiger partial charge in [0.05, 0.1) is 12.9 Å². The van der Waals surface area contributed by atoms with E-state index in [2.05, 4.69) is 19.9 Å². The van der Waals surface area contributed by atoms with Crippen molar-refractivity contribution < 1.29 is 4.74 Å². The van der Waals surface area contributed by atoms with Crippen molar-refractivity contribution in [2.75, 3.05) is 6.61 Å². The van der Waals surface area contributed by atoms with Gasteiger partial charge in [-0.05, 0) is 25.3 Å². The van der Waals surface area contributed by atoms with E-state index in [-0.39, 0.29) is 0 Å². The van der Waals surface area contributed by atoms with Gasteiger partial charge in [-0.2, -0.15) is 0 Å². The molecule has 0 amide bonds. The van der Waals surface area contributed by atoms with Crippen LogP contribution in [0.4, 0.5) is 0 Å². The summed E-state index contributed by atoms with van der Waals surface area (Å²) >= 11 is 0. The molecule has 1 nitrogen and oxygen atoms in total. The Labute approximate surface area is 109 Å². The fourth-order valence-corrected chi connectivity index (χ4v) is 1.86. The molecule has 0 spiro atoms. The number of hydrogen-bond acceptors (Lipinski definition) is 1. The maximum Gasteiger partial charge on any atom is 0.0873 e. The maximum atomic E-state index is 5.44. The molecule has 0 saturated carbocycles. The molecule has 0 heterocycles. The van der Waals surface area contributed by atoms with Crippen LogP contribution in [0.5, 0.6) is 0 Å². The van der Waals surface area contributed by atoms with Crippen molar-refractivity contribution >= 4 is 0 Å². The van der Waals surface area contributed by atoms with E-state index >= 15 is 0 Å². The van der Waals surface area contributed by atoms with Gasteiger partial charge in [0.1, 0.15) is 0 Å². The Morgan fingerprint density at radius 2 is 1.29 bits per heavy atom. The minimum atomic E-state index is 0.896. The van der Waals surface area contributed by atoms with Crippen LogP contribution in [0.25, 0.3) is 0 Å². The highest BCUT2D eigenvalue weighted by molar-refractivity contribution is 4.73. The smallest absolute Gasteiger partial charge is 0.0873 e. The summed E-state index contributed by atoms with van der Waals surface area (Å²) in [7, 11) is 0. The second kappa shape index (κ2) is 15.5. The molecule has 0 N–H and O–H groups in total. The van der Waals surface area contributed by atoms with E-state index in [1.165, 1.54) is 70.6 Å². The number of allylic oxidation sites excluding steroid dienone is 1. The zero-order chi connectivity index (χ0) is 12.6. The maximum absolute atomic E-state index is 5.44. The van der Waals surface area contributed by atoms with Crippen molar-refractivity contribution in [3.63, 3.8) is 0 Å². The average molecular weight is 240 g/mol. The molecule has 0 bridgehead atoms. The van der Waals surface area contributed by atoms with E-state index in [9.17, 15) is 0 Å². The van der Waals surface area contributed by atoms with E-state index in [0.717, 1.165) is 6.61 Å². The molecule has 0 rings (SSSR count). The Morgan fingerprint density at radius 3 is 2.00 bits per heavy atom. The highest BCUT2D eigenvalue weighted by Gasteiger charge is 1.88. The van der Waals surface area contributed by atoms with Crippen LogP contribution in [0, 0.1) is 0 Å². The van der Waals surface area contributed by atoms with Gasteiger partial charge < -0.3 is 4.74 Å². The fourth-order valence-electron chi connectivity index (χ4n) is 1.86. The Morgan fingerprint density at radius 1 is 0.706 bits per heavy atom. The zero-order valence-corrected chi connectivity index (χ0v) is 12.0. The highest BCUT2D eigenvalue weighted by atomic mass is 16.5. The Bertz CT molecular complexity index is 152. The Hall–Kier alpha value is -0.460. The van der Waals surface area contributed by atoms with Crippen molar-refractivity contribution in [1.29, 1.82) is 0 Å². The first-order valence-electron chi connectivity index (χ1n) is 7.68. The van der Waals surface area contributed by atoms with Crippen LogP contribution in [-0.2, 0) is 4.74 Å². The first-order chi connectivity index (χ1) is 8.41. The monoisotopic (exact) mass is 240 g/mol. The number of ether oxygens (including phenoxy) is 1. The molecule has 17 heavy (non-hydrogen) atoms. The summed E-state index contributed by atoms with van der Waals surface area (Å²) in [4.78, 5) is 0. The molecule has 0 fully saturated rings. The first-order valence-corrected chi connectivity index (χ1v) is 7.68. The lowest BCUT2D eigenvalue weighted by Crippen LogP contribution is -1.87. The van der Waals surface area contributed by atoms with E-state index in [4.69, 9.17) is 4.74 Å². The van der Waals surface area contributed by atoms with Crippen molar-refractivity contribution in [3.8, 4) is 0 Å². The van der Waals surface area contributed by atoms with E-state index in [0.29, 0.717) is 0 Å². The van der Waals surface area contributed by atoms with Gasteiger partial charge in [0.2, 0.25) is 0 Å². The lowest BCUT2D eigenvalue weighted by atomic mass is 10.1. The Balaban J connectivity index is 2.99. The summed E-state index contributed by atoms with van der Waals surface area (Å²) in [6.45, 7) is 5.40. The van der Waals surface area contributed by atoms with Gasteiger partial charge in [0.25, 0.3) is 0 Å². The molecule has 0 aliphatic heterocycles. The zero-order valence-electron chi connectivity index (χ0n) is 12.0. The third-order valence-electron chi connectivity index (χ3n) is 3.03. The topological polar surface area (TPSA) is 9.23 Å². The quantitative estimate of drug-likeness (QED) is 0.290. The van der Waals surface area contributed by atoms with Crippen LogP contribution in [0.2, 0.25) is 0 Å². The molecule has 0 aromatic carbocycles. The molecule has 0 atom stereocenters. The lowest BCUT2D eigenvalue weighted by molar-refractivity contribution is 0.239. The van der Waals surface area contributed by atoms with Crippen LogP contribution in [0.1, 0.15) is 84.5 Å². The first kappa shape index (κ1) is 16.5. The molecule has 0 aliphatic rings. The second-order valence-electron chi connectivity index (χ2n) is 4.86. The van der Waals surface area contributed by atoms with Crippen LogP contribution < -0.4 is 0 Å². The Kier molecular flexibility index (Phi) is 15.1. The summed E-state index contributed by atoms with van der Waals surface area (Å²) in [5.41, 5.74) is 0. The van der Waals surface area contributed by atoms with Crippen molar-refractivity contribution in [1.82, 2.24) is 0 Å². The molecular formula is C16H32O. The molecular weight excluding hydrogens is 208 g/mol. The lowest BCUT2D eigenvalue weighted by Gasteiger charge is -2.00. The summed E-state index contributed by atoms with van der Waals surface area (Å²) in [5, 5.41) is 0. The van der Waals surface area contributed by atoms with Gasteiger partial charge in [0, 0.05) is 0 Å². The third-order valence-corrected chi connectivity index (χ3v) is 3.03. The SMILES string of the molecule is CCCCCCCCC=COCCCCCC. The molecule has 0 aliphatic carbocycles. The number of unbranched alkanes of at least 4 members (excludes halogenated alkanes) is 9. The van der Waals surface area contributed by atoms with Crippen molar-refractivity contribution in [2.45, 2.75) is 84.5 Å². The van der Waals surface area contributed by atoms with Crippen molar-refractivity contribution in [3.05, 3.63) is 12.3 Å². The predicted molar refractivity (Wildman–Crippen MR) is 77.2 cm³/mol. The summed E-state index contributed by atoms with van der Waals surface area (Å²) in [5.74, 6) is 0. The summed E-state index contributed by atoms with van der Waals surface area (Å²) in [6, 6.07) is 0. The predicted octanol–water partition coefficient (Wildman–Crippen LogP) is 5.85. The minimum absolute atomic E-state index is 0.896. The highest BCUT2D eigenvalue weighted by Crippen LogP contribution is 2.07. The van der Waals surface area contributed by atoms with Crippen LogP contribution in [-0.4, -0.2) is 6.61 Å². The molecule has 0 aromatic rings. The van der Waals surface area contributed by atoms with Crippen LogP contribution in [0.15, 0.2) is 12.3 Å². The average Bonchev–Trinajstić information content (AvgIpc) is 2.35. The molecule has 0 aromatic heterocycles. The molecule has 0 saturated heterocycles. The van der Waals surface area contributed by atoms with Crippen molar-refractivity contribution in [2.24, 2.45) is 0 Å². The fraction of sp³-hybridized carbons (Fsp3) is 0.875. The molecule has 0 radical (unpaired) electrons. The van der Waals surface area contributed by atoms with E-state index in [1.54, 1.807) is 0 Å². The molecule has 0 unspecified atom stereocenters. The standard InChI is InChI=1S/C16H32O/c1-3-5-7-9-10-11-12-14-16-17-15-13-8-6-4-2/h14,16H,3-13,15H2,1-2H3. The van der Waals surface area contributed by atoms with E-state index in [1.807, 2.05) is 6.26 Å².